The van der Waals surface area contributed by atoms with E-state index in [-0.39, 0.29) is 5.91 Å². The summed E-state index contributed by atoms with van der Waals surface area (Å²) in [4.78, 5) is 16.5. The van der Waals surface area contributed by atoms with Gasteiger partial charge in [-0.3, -0.25) is 10.1 Å². The molecule has 108 valence electrons. The molecule has 0 spiro atoms. The zero-order valence-electron chi connectivity index (χ0n) is 12.1. The van der Waals surface area contributed by atoms with Gasteiger partial charge in [-0.15, -0.1) is 0 Å². The highest BCUT2D eigenvalue weighted by molar-refractivity contribution is 7.80. The van der Waals surface area contributed by atoms with Gasteiger partial charge >= 0.3 is 0 Å². The van der Waals surface area contributed by atoms with Crippen LogP contribution in [0, 0.1) is 6.92 Å². The van der Waals surface area contributed by atoms with Gasteiger partial charge in [-0.25, -0.2) is 0 Å². The Morgan fingerprint density at radius 2 is 1.80 bits per heavy atom. The number of nitrogens with zero attached hydrogens (tertiary/aromatic N) is 2. The first-order chi connectivity index (χ1) is 9.60. The van der Waals surface area contributed by atoms with Crippen LogP contribution in [0.5, 0.6) is 0 Å². The van der Waals surface area contributed by atoms with Crippen molar-refractivity contribution in [3.05, 3.63) is 35.4 Å². The minimum atomic E-state index is -0.132. The Balaban J connectivity index is 1.88. The molecule has 0 radical (unpaired) electrons. The third-order valence-corrected chi connectivity index (χ3v) is 4.00. The molecule has 1 aliphatic heterocycles. The van der Waals surface area contributed by atoms with E-state index in [0.717, 1.165) is 38.3 Å². The van der Waals surface area contributed by atoms with Crippen molar-refractivity contribution in [3.63, 3.8) is 0 Å². The third kappa shape index (κ3) is 3.77. The maximum atomic E-state index is 12.1. The van der Waals surface area contributed by atoms with Gasteiger partial charge in [0.15, 0.2) is 5.11 Å². The van der Waals surface area contributed by atoms with Gasteiger partial charge in [0.1, 0.15) is 0 Å². The smallest absolute Gasteiger partial charge is 0.257 e. The van der Waals surface area contributed by atoms with Crippen LogP contribution in [0.2, 0.25) is 0 Å². The van der Waals surface area contributed by atoms with Crippen LogP contribution in [0.15, 0.2) is 24.3 Å². The van der Waals surface area contributed by atoms with Crippen LogP contribution in [0.1, 0.15) is 22.8 Å². The molecule has 1 aliphatic rings. The van der Waals surface area contributed by atoms with Gasteiger partial charge in [-0.05, 0) is 37.8 Å². The van der Waals surface area contributed by atoms with Crippen LogP contribution in [-0.4, -0.2) is 53.5 Å². The first-order valence-corrected chi connectivity index (χ1v) is 7.40. The van der Waals surface area contributed by atoms with E-state index < -0.39 is 0 Å². The van der Waals surface area contributed by atoms with Crippen LogP contribution in [-0.2, 0) is 0 Å². The van der Waals surface area contributed by atoms with Gasteiger partial charge in [-0.1, -0.05) is 24.6 Å². The molecule has 20 heavy (non-hydrogen) atoms. The number of hydrogen-bond acceptors (Lipinski definition) is 3. The highest BCUT2D eigenvalue weighted by atomic mass is 32.1. The number of aryl methyl sites for hydroxylation is 1. The molecule has 0 aliphatic carbocycles. The van der Waals surface area contributed by atoms with E-state index in [9.17, 15) is 4.79 Å². The van der Waals surface area contributed by atoms with E-state index in [1.54, 1.807) is 0 Å². The number of rotatable bonds is 2. The van der Waals surface area contributed by atoms with E-state index in [1.165, 1.54) is 0 Å². The normalized spacial score (nSPS) is 16.0. The van der Waals surface area contributed by atoms with Crippen molar-refractivity contribution in [2.24, 2.45) is 0 Å². The number of amides is 1. The lowest BCUT2D eigenvalue weighted by Gasteiger charge is -2.35. The highest BCUT2D eigenvalue weighted by Gasteiger charge is 2.19. The Labute approximate surface area is 125 Å². The predicted octanol–water partition coefficient (Wildman–Crippen LogP) is 1.65. The maximum Gasteiger partial charge on any atom is 0.257 e. The van der Waals surface area contributed by atoms with Crippen molar-refractivity contribution in [1.82, 2.24) is 15.1 Å². The summed E-state index contributed by atoms with van der Waals surface area (Å²) >= 11 is 5.33. The van der Waals surface area contributed by atoms with E-state index >= 15 is 0 Å². The highest BCUT2D eigenvalue weighted by Crippen LogP contribution is 2.05. The Morgan fingerprint density at radius 1 is 1.20 bits per heavy atom. The van der Waals surface area contributed by atoms with Crippen LogP contribution < -0.4 is 5.32 Å². The van der Waals surface area contributed by atoms with Crippen molar-refractivity contribution in [2.75, 3.05) is 32.7 Å². The number of thiocarbonyl (C=S) groups is 1. The molecule has 1 N–H and O–H groups in total. The van der Waals surface area contributed by atoms with Crippen molar-refractivity contribution in [2.45, 2.75) is 13.8 Å². The minimum Gasteiger partial charge on any atom is -0.346 e. The summed E-state index contributed by atoms with van der Waals surface area (Å²) in [6, 6.07) is 7.50. The summed E-state index contributed by atoms with van der Waals surface area (Å²) in [5.41, 5.74) is 1.78. The lowest BCUT2D eigenvalue weighted by atomic mass is 10.1. The zero-order valence-corrected chi connectivity index (χ0v) is 12.9. The van der Waals surface area contributed by atoms with Crippen molar-refractivity contribution in [3.8, 4) is 0 Å². The zero-order chi connectivity index (χ0) is 14.5. The monoisotopic (exact) mass is 291 g/mol. The SMILES string of the molecule is CCN1CCN(C(=S)NC(=O)c2ccc(C)cc2)CC1. The Kier molecular flexibility index (Phi) is 5.09. The van der Waals surface area contributed by atoms with Crippen LogP contribution >= 0.6 is 12.2 Å². The van der Waals surface area contributed by atoms with E-state index in [2.05, 4.69) is 22.0 Å². The van der Waals surface area contributed by atoms with Gasteiger partial charge in [0.2, 0.25) is 0 Å². The van der Waals surface area contributed by atoms with Crippen LogP contribution in [0.4, 0.5) is 0 Å². The summed E-state index contributed by atoms with van der Waals surface area (Å²) in [5.74, 6) is -0.132. The predicted molar refractivity (Wildman–Crippen MR) is 84.9 cm³/mol. The number of likely N-dealkylation sites (N-methyl/N-ethyl adjacent to an activating group) is 1. The quantitative estimate of drug-likeness (QED) is 0.841. The Hall–Kier alpha value is -1.46. The standard InChI is InChI=1S/C15H21N3OS/c1-3-17-8-10-18(11-9-17)15(20)16-14(19)13-6-4-12(2)5-7-13/h4-7H,3,8-11H2,1-2H3,(H,16,19,20). The molecule has 1 saturated heterocycles. The number of carbonyl (C=O) groups is 1. The lowest BCUT2D eigenvalue weighted by Crippen LogP contribution is -2.52. The fourth-order valence-corrected chi connectivity index (χ4v) is 2.50. The molecule has 1 aromatic carbocycles. The third-order valence-electron chi connectivity index (χ3n) is 3.64. The molecule has 1 fully saturated rings. The van der Waals surface area contributed by atoms with E-state index in [0.29, 0.717) is 10.7 Å². The van der Waals surface area contributed by atoms with Crippen molar-refractivity contribution in [1.29, 1.82) is 0 Å². The molecule has 0 aromatic heterocycles. The molecule has 1 heterocycles. The Bertz CT molecular complexity index is 478. The average molecular weight is 291 g/mol. The molecule has 1 aromatic rings. The molecule has 1 amide bonds. The molecule has 0 bridgehead atoms. The molecule has 2 rings (SSSR count). The molecule has 0 unspecified atom stereocenters. The second kappa shape index (κ2) is 6.81. The van der Waals surface area contributed by atoms with Crippen molar-refractivity contribution < 1.29 is 4.79 Å². The first-order valence-electron chi connectivity index (χ1n) is 6.99. The van der Waals surface area contributed by atoms with Gasteiger partial charge in [0.05, 0.1) is 0 Å². The molecule has 5 heteroatoms. The summed E-state index contributed by atoms with van der Waals surface area (Å²) in [5, 5.41) is 3.35. The first kappa shape index (κ1) is 14.9. The fraction of sp³-hybridized carbons (Fsp3) is 0.467. The number of nitrogens with one attached hydrogen (secondary N) is 1. The topological polar surface area (TPSA) is 35.6 Å². The van der Waals surface area contributed by atoms with Gasteiger partial charge in [0, 0.05) is 31.7 Å². The second-order valence-corrected chi connectivity index (χ2v) is 5.43. The van der Waals surface area contributed by atoms with Crippen molar-refractivity contribution >= 4 is 23.2 Å². The van der Waals surface area contributed by atoms with Gasteiger partial charge in [-0.2, -0.15) is 0 Å². The summed E-state index contributed by atoms with van der Waals surface area (Å²) in [6.07, 6.45) is 0. The van der Waals surface area contributed by atoms with E-state index in [4.69, 9.17) is 12.2 Å². The Morgan fingerprint density at radius 3 is 2.35 bits per heavy atom. The second-order valence-electron chi connectivity index (χ2n) is 5.05. The van der Waals surface area contributed by atoms with Crippen LogP contribution in [0.3, 0.4) is 0 Å². The number of benzene rings is 1. The van der Waals surface area contributed by atoms with E-state index in [1.807, 2.05) is 31.2 Å². The number of piperazine rings is 1. The average Bonchev–Trinajstić information content (AvgIpc) is 2.48. The van der Waals surface area contributed by atoms with Gasteiger partial charge < -0.3 is 9.80 Å². The summed E-state index contributed by atoms with van der Waals surface area (Å²) in [7, 11) is 0. The lowest BCUT2D eigenvalue weighted by molar-refractivity contribution is 0.0970. The molecular weight excluding hydrogens is 270 g/mol. The summed E-state index contributed by atoms with van der Waals surface area (Å²) in [6.45, 7) is 8.97. The van der Waals surface area contributed by atoms with Crippen LogP contribution in [0.25, 0.3) is 0 Å². The number of carbonyl (C=O) groups excluding carboxylic acids is 1. The summed E-state index contributed by atoms with van der Waals surface area (Å²) < 4.78 is 0. The number of hydrogen-bond donors (Lipinski definition) is 1. The van der Waals surface area contributed by atoms with Gasteiger partial charge in [0.25, 0.3) is 5.91 Å². The molecular formula is C15H21N3OS. The minimum absolute atomic E-state index is 0.132. The molecule has 4 nitrogen and oxygen atoms in total. The largest absolute Gasteiger partial charge is 0.346 e. The molecule has 0 saturated carbocycles. The molecule has 0 atom stereocenters. The fourth-order valence-electron chi connectivity index (χ4n) is 2.22. The maximum absolute atomic E-state index is 12.1.